The molecule has 0 bridgehead atoms. The maximum atomic E-state index is 12.1. The molecule has 5 nitrogen and oxygen atoms in total. The topological polar surface area (TPSA) is 56.2 Å². The third kappa shape index (κ3) is 4.51. The summed E-state index contributed by atoms with van der Waals surface area (Å²) in [5.74, 6) is 0.200. The molecule has 1 N–H and O–H groups in total. The number of para-hydroxylation sites is 2. The number of fused-ring (bicyclic) bond motifs is 1. The van der Waals surface area contributed by atoms with Gasteiger partial charge in [0.05, 0.1) is 16.8 Å². The Kier molecular flexibility index (Phi) is 5.72. The number of amides is 1. The minimum absolute atomic E-state index is 0.0903. The Hall–Kier alpha value is -2.61. The molecular formula is C18H17F2N3O2S. The average molecular weight is 377 g/mol. The molecular weight excluding hydrogens is 360 g/mol. The van der Waals surface area contributed by atoms with Crippen LogP contribution in [0.5, 0.6) is 5.75 Å². The number of imidazole rings is 1. The summed E-state index contributed by atoms with van der Waals surface area (Å²) in [7, 11) is 1.92. The van der Waals surface area contributed by atoms with Gasteiger partial charge in [0, 0.05) is 13.6 Å². The number of nitrogens with one attached hydrogen (secondary N) is 1. The molecule has 136 valence electrons. The van der Waals surface area contributed by atoms with Gasteiger partial charge in [0.25, 0.3) is 0 Å². The lowest BCUT2D eigenvalue weighted by molar-refractivity contribution is -0.118. The molecule has 0 aliphatic rings. The fourth-order valence-corrected chi connectivity index (χ4v) is 3.24. The molecule has 0 atom stereocenters. The zero-order valence-corrected chi connectivity index (χ0v) is 14.8. The number of hydrogen-bond acceptors (Lipinski definition) is 4. The molecule has 0 aliphatic carbocycles. The van der Waals surface area contributed by atoms with Gasteiger partial charge >= 0.3 is 6.61 Å². The normalized spacial score (nSPS) is 11.1. The van der Waals surface area contributed by atoms with Crippen molar-refractivity contribution in [3.63, 3.8) is 0 Å². The van der Waals surface area contributed by atoms with Gasteiger partial charge in [0.15, 0.2) is 5.16 Å². The van der Waals surface area contributed by atoms with Gasteiger partial charge < -0.3 is 14.6 Å². The molecule has 1 aromatic heterocycles. The van der Waals surface area contributed by atoms with E-state index in [1.54, 1.807) is 12.1 Å². The Bertz CT molecular complexity index is 897. The first-order valence-electron chi connectivity index (χ1n) is 7.87. The molecule has 0 spiro atoms. The van der Waals surface area contributed by atoms with Gasteiger partial charge in [-0.15, -0.1) is 0 Å². The highest BCUT2D eigenvalue weighted by Crippen LogP contribution is 2.22. The fourth-order valence-electron chi connectivity index (χ4n) is 2.42. The van der Waals surface area contributed by atoms with Crippen molar-refractivity contribution >= 4 is 28.7 Å². The van der Waals surface area contributed by atoms with Crippen molar-refractivity contribution in [2.24, 2.45) is 7.05 Å². The molecule has 0 radical (unpaired) electrons. The second kappa shape index (κ2) is 8.18. The number of halogens is 2. The van der Waals surface area contributed by atoms with E-state index in [1.165, 1.54) is 23.9 Å². The van der Waals surface area contributed by atoms with Crippen LogP contribution in [0.3, 0.4) is 0 Å². The van der Waals surface area contributed by atoms with E-state index in [0.717, 1.165) is 21.8 Å². The summed E-state index contributed by atoms with van der Waals surface area (Å²) < 4.78 is 30.5. The second-order valence-electron chi connectivity index (χ2n) is 5.53. The third-order valence-electron chi connectivity index (χ3n) is 3.72. The average Bonchev–Trinajstić information content (AvgIpc) is 2.95. The van der Waals surface area contributed by atoms with Crippen molar-refractivity contribution in [3.8, 4) is 5.75 Å². The second-order valence-corrected chi connectivity index (χ2v) is 6.47. The van der Waals surface area contributed by atoms with E-state index >= 15 is 0 Å². The molecule has 0 saturated heterocycles. The lowest BCUT2D eigenvalue weighted by Crippen LogP contribution is -2.24. The van der Waals surface area contributed by atoms with Gasteiger partial charge in [-0.25, -0.2) is 4.98 Å². The van der Waals surface area contributed by atoms with E-state index in [9.17, 15) is 13.6 Å². The largest absolute Gasteiger partial charge is 0.435 e. The number of thioether (sulfide) groups is 1. The van der Waals surface area contributed by atoms with E-state index in [0.29, 0.717) is 6.54 Å². The van der Waals surface area contributed by atoms with Crippen molar-refractivity contribution in [1.82, 2.24) is 14.9 Å². The fraction of sp³-hybridized carbons (Fsp3) is 0.222. The van der Waals surface area contributed by atoms with Crippen LogP contribution in [0.4, 0.5) is 8.78 Å². The zero-order chi connectivity index (χ0) is 18.5. The van der Waals surface area contributed by atoms with Gasteiger partial charge in [-0.3, -0.25) is 4.79 Å². The highest BCUT2D eigenvalue weighted by molar-refractivity contribution is 7.99. The Balaban J connectivity index is 1.50. The number of aromatic nitrogens is 2. The van der Waals surface area contributed by atoms with Crippen LogP contribution in [0, 0.1) is 0 Å². The quantitative estimate of drug-likeness (QED) is 0.640. The van der Waals surface area contributed by atoms with Crippen LogP contribution in [-0.4, -0.2) is 27.8 Å². The monoisotopic (exact) mass is 377 g/mol. The molecule has 26 heavy (non-hydrogen) atoms. The van der Waals surface area contributed by atoms with Gasteiger partial charge in [-0.2, -0.15) is 8.78 Å². The molecule has 2 aromatic carbocycles. The number of carbonyl (C=O) groups excluding carboxylic acids is 1. The highest BCUT2D eigenvalue weighted by atomic mass is 32.2. The number of nitrogens with zero attached hydrogens (tertiary/aromatic N) is 2. The SMILES string of the molecule is Cn1c(SCC(=O)NCc2ccc(OC(F)F)cc2)nc2ccccc21. The van der Waals surface area contributed by atoms with Gasteiger partial charge in [-0.1, -0.05) is 36.0 Å². The van der Waals surface area contributed by atoms with E-state index in [2.05, 4.69) is 15.0 Å². The first-order chi connectivity index (χ1) is 12.5. The number of alkyl halides is 2. The van der Waals surface area contributed by atoms with Crippen LogP contribution in [0.25, 0.3) is 11.0 Å². The van der Waals surface area contributed by atoms with Crippen molar-refractivity contribution in [1.29, 1.82) is 0 Å². The van der Waals surface area contributed by atoms with Crippen LogP contribution < -0.4 is 10.1 Å². The van der Waals surface area contributed by atoms with Crippen molar-refractivity contribution < 1.29 is 18.3 Å². The van der Waals surface area contributed by atoms with Crippen molar-refractivity contribution in [2.45, 2.75) is 18.3 Å². The van der Waals surface area contributed by atoms with E-state index in [1.807, 2.05) is 35.9 Å². The van der Waals surface area contributed by atoms with Crippen LogP contribution in [-0.2, 0) is 18.4 Å². The Morgan fingerprint density at radius 1 is 1.23 bits per heavy atom. The molecule has 0 fully saturated rings. The van der Waals surface area contributed by atoms with E-state index in [-0.39, 0.29) is 17.4 Å². The van der Waals surface area contributed by atoms with Crippen LogP contribution in [0.1, 0.15) is 5.56 Å². The van der Waals surface area contributed by atoms with Crippen LogP contribution >= 0.6 is 11.8 Å². The summed E-state index contributed by atoms with van der Waals surface area (Å²) in [5.41, 5.74) is 2.71. The molecule has 0 unspecified atom stereocenters. The zero-order valence-electron chi connectivity index (χ0n) is 14.0. The lowest BCUT2D eigenvalue weighted by Gasteiger charge is -2.07. The first-order valence-corrected chi connectivity index (χ1v) is 8.86. The highest BCUT2D eigenvalue weighted by Gasteiger charge is 2.10. The van der Waals surface area contributed by atoms with Crippen molar-refractivity contribution in [2.75, 3.05) is 5.75 Å². The van der Waals surface area contributed by atoms with Crippen molar-refractivity contribution in [3.05, 3.63) is 54.1 Å². The van der Waals surface area contributed by atoms with E-state index < -0.39 is 6.61 Å². The standard InChI is InChI=1S/C18H17F2N3O2S/c1-23-15-5-3-2-4-14(15)22-18(23)26-11-16(24)21-10-12-6-8-13(9-7-12)25-17(19)20/h2-9,17H,10-11H2,1H3,(H,21,24). The molecule has 0 saturated carbocycles. The summed E-state index contributed by atoms with van der Waals surface area (Å²) >= 11 is 1.36. The number of benzene rings is 2. The van der Waals surface area contributed by atoms with Gasteiger partial charge in [0.2, 0.25) is 5.91 Å². The minimum atomic E-state index is -2.85. The number of carbonyl (C=O) groups is 1. The van der Waals surface area contributed by atoms with E-state index in [4.69, 9.17) is 0 Å². The molecule has 1 amide bonds. The lowest BCUT2D eigenvalue weighted by atomic mass is 10.2. The predicted octanol–water partition coefficient (Wildman–Crippen LogP) is 3.58. The Morgan fingerprint density at radius 2 is 1.96 bits per heavy atom. The predicted molar refractivity (Wildman–Crippen MR) is 96.4 cm³/mol. The summed E-state index contributed by atoms with van der Waals surface area (Å²) in [5, 5.41) is 3.57. The number of rotatable bonds is 7. The molecule has 3 rings (SSSR count). The molecule has 8 heteroatoms. The minimum Gasteiger partial charge on any atom is -0.435 e. The maximum absolute atomic E-state index is 12.1. The van der Waals surface area contributed by atoms with Gasteiger partial charge in [-0.05, 0) is 29.8 Å². The Morgan fingerprint density at radius 3 is 2.65 bits per heavy atom. The summed E-state index contributed by atoms with van der Waals surface area (Å²) in [4.78, 5) is 16.5. The summed E-state index contributed by atoms with van der Waals surface area (Å²) in [6, 6.07) is 13.9. The maximum Gasteiger partial charge on any atom is 0.387 e. The Labute approximate surface area is 153 Å². The molecule has 0 aliphatic heterocycles. The van der Waals surface area contributed by atoms with Gasteiger partial charge in [0.1, 0.15) is 5.75 Å². The number of hydrogen-bond donors (Lipinski definition) is 1. The third-order valence-corrected chi connectivity index (χ3v) is 4.75. The van der Waals surface area contributed by atoms with Crippen LogP contribution in [0.2, 0.25) is 0 Å². The smallest absolute Gasteiger partial charge is 0.387 e. The number of aryl methyl sites for hydroxylation is 1. The summed E-state index contributed by atoms with van der Waals surface area (Å²) in [6.45, 7) is -2.53. The molecule has 3 aromatic rings. The number of ether oxygens (including phenoxy) is 1. The molecule has 1 heterocycles. The van der Waals surface area contributed by atoms with Crippen LogP contribution in [0.15, 0.2) is 53.7 Å². The first kappa shape index (κ1) is 18.2. The summed E-state index contributed by atoms with van der Waals surface area (Å²) in [6.07, 6.45) is 0.